The smallest absolute Gasteiger partial charge is 0.251 e. The number of rotatable bonds is 20. The lowest BCUT2D eigenvalue weighted by Gasteiger charge is -2.30. The fourth-order valence-electron chi connectivity index (χ4n) is 8.31. The summed E-state index contributed by atoms with van der Waals surface area (Å²) in [5.74, 6) is -0.757. The van der Waals surface area contributed by atoms with E-state index in [1.807, 2.05) is 94.9 Å². The van der Waals surface area contributed by atoms with Gasteiger partial charge in [0.25, 0.3) is 5.91 Å². The van der Waals surface area contributed by atoms with Crippen molar-refractivity contribution in [2.75, 3.05) is 25.0 Å². The van der Waals surface area contributed by atoms with Gasteiger partial charge in [0, 0.05) is 54.6 Å². The molecule has 0 radical (unpaired) electrons. The van der Waals surface area contributed by atoms with E-state index in [9.17, 15) is 19.5 Å². The van der Waals surface area contributed by atoms with Gasteiger partial charge in [0.05, 0.1) is 63.9 Å². The fourth-order valence-corrected chi connectivity index (χ4v) is 9.34. The summed E-state index contributed by atoms with van der Waals surface area (Å²) in [6.45, 7) is 11.4. The fraction of sp³-hybridized carbons (Fsp3) is 0.373. The molecule has 3 amide bonds. The van der Waals surface area contributed by atoms with Crippen LogP contribution in [0.25, 0.3) is 21.7 Å². The number of nitrogens with one attached hydrogen (secondary N) is 3. The lowest BCUT2D eigenvalue weighted by molar-refractivity contribution is -0.141. The molecule has 0 spiro atoms. The van der Waals surface area contributed by atoms with E-state index in [4.69, 9.17) is 26.0 Å². The minimum absolute atomic E-state index is 0.0522. The van der Waals surface area contributed by atoms with Gasteiger partial charge in [-0.15, -0.1) is 11.3 Å². The topological polar surface area (TPSA) is 188 Å². The second-order valence-electron chi connectivity index (χ2n) is 17.4. The average Bonchev–Trinajstić information content (AvgIpc) is 4.15. The number of benzene rings is 3. The summed E-state index contributed by atoms with van der Waals surface area (Å²) in [6.07, 6.45) is 5.24. The molecule has 0 saturated carbocycles. The first-order valence-electron chi connectivity index (χ1n) is 22.7. The van der Waals surface area contributed by atoms with E-state index in [0.717, 1.165) is 64.4 Å². The second-order valence-corrected chi connectivity index (χ2v) is 18.7. The predicted molar refractivity (Wildman–Crippen MR) is 260 cm³/mol. The van der Waals surface area contributed by atoms with Gasteiger partial charge in [0.15, 0.2) is 11.5 Å². The van der Waals surface area contributed by atoms with Crippen molar-refractivity contribution in [2.45, 2.75) is 97.0 Å². The van der Waals surface area contributed by atoms with Gasteiger partial charge in [-0.25, -0.2) is 4.98 Å². The summed E-state index contributed by atoms with van der Waals surface area (Å²) < 4.78 is 13.8. The van der Waals surface area contributed by atoms with Crippen LogP contribution in [0.5, 0.6) is 5.75 Å². The summed E-state index contributed by atoms with van der Waals surface area (Å²) >= 11 is 7.79. The zero-order valence-electron chi connectivity index (χ0n) is 38.4. The van der Waals surface area contributed by atoms with Gasteiger partial charge in [-0.1, -0.05) is 55.8 Å². The number of thiazole rings is 1. The molecule has 3 aromatic carbocycles. The largest absolute Gasteiger partial charge is 0.490 e. The van der Waals surface area contributed by atoms with E-state index in [1.54, 1.807) is 46.4 Å². The van der Waals surface area contributed by atoms with E-state index >= 15 is 0 Å². The van der Waals surface area contributed by atoms with Gasteiger partial charge < -0.3 is 35.1 Å². The summed E-state index contributed by atoms with van der Waals surface area (Å²) in [7, 11) is 0. The Hall–Kier alpha value is -6.47. The maximum absolute atomic E-state index is 14.3. The Kier molecular flexibility index (Phi) is 16.2. The highest BCUT2D eigenvalue weighted by Crippen LogP contribution is 2.37. The van der Waals surface area contributed by atoms with Crippen molar-refractivity contribution < 1.29 is 28.6 Å². The summed E-state index contributed by atoms with van der Waals surface area (Å²) in [4.78, 5) is 48.0. The van der Waals surface area contributed by atoms with Gasteiger partial charge in [0.2, 0.25) is 11.8 Å². The number of carbonyl (C=O) groups excluding carboxylic acids is 3. The van der Waals surface area contributed by atoms with E-state index < -0.39 is 18.1 Å². The van der Waals surface area contributed by atoms with E-state index in [2.05, 4.69) is 32.1 Å². The monoisotopic (exact) mass is 944 g/mol. The Labute approximate surface area is 400 Å². The molecule has 5 atom stereocenters. The molecular weight excluding hydrogens is 888 g/mol. The normalized spacial score (nSPS) is 16.0. The molecule has 4 N–H and O–H groups in total. The number of nitriles is 1. The number of hydrogen-bond donors (Lipinski definition) is 4. The number of likely N-dealkylation sites (tertiary alicyclic amines) is 1. The third kappa shape index (κ3) is 12.1. The molecular formula is C51H57ClN8O6S. The highest BCUT2D eigenvalue weighted by Gasteiger charge is 2.44. The molecule has 6 aromatic rings. The number of unbranched alkanes of at least 4 members (excludes halogenated alkanes) is 2. The molecule has 7 rings (SSSR count). The molecule has 350 valence electrons. The van der Waals surface area contributed by atoms with E-state index in [0.29, 0.717) is 40.8 Å². The first-order chi connectivity index (χ1) is 32.3. The van der Waals surface area contributed by atoms with Crippen molar-refractivity contribution in [3.05, 3.63) is 130 Å². The number of carbonyl (C=O) groups is 3. The van der Waals surface area contributed by atoms with Crippen molar-refractivity contribution in [2.24, 2.45) is 5.92 Å². The number of halogens is 1. The highest BCUT2D eigenvalue weighted by molar-refractivity contribution is 7.13. The summed E-state index contributed by atoms with van der Waals surface area (Å²) in [6, 6.07) is 24.9. The van der Waals surface area contributed by atoms with Crippen LogP contribution in [0.15, 0.2) is 101 Å². The average molecular weight is 946 g/mol. The number of β-amino-alcohol motifs (C(OH)–C–C–N with tert-alkyl or cyclic N) is 1. The van der Waals surface area contributed by atoms with Crippen LogP contribution < -0.4 is 20.7 Å². The van der Waals surface area contributed by atoms with Crippen LogP contribution in [0.2, 0.25) is 5.02 Å². The lowest BCUT2D eigenvalue weighted by Crippen LogP contribution is -2.48. The molecule has 0 aliphatic carbocycles. The Balaban J connectivity index is 0.830. The summed E-state index contributed by atoms with van der Waals surface area (Å²) in [5.41, 5.74) is 8.20. The van der Waals surface area contributed by atoms with Crippen LogP contribution in [0.3, 0.4) is 0 Å². The molecule has 1 saturated heterocycles. The second kappa shape index (κ2) is 22.3. The number of nitrogens with zero attached hydrogens (tertiary/aromatic N) is 5. The van der Waals surface area contributed by atoms with Gasteiger partial charge in [-0.2, -0.15) is 10.4 Å². The number of aliphatic hydroxyl groups is 1. The number of ether oxygens (including phenoxy) is 1. The first-order valence-corrected chi connectivity index (χ1v) is 23.9. The maximum atomic E-state index is 14.3. The van der Waals surface area contributed by atoms with Gasteiger partial charge >= 0.3 is 0 Å². The molecule has 3 aromatic heterocycles. The third-order valence-corrected chi connectivity index (χ3v) is 13.2. The molecule has 0 bridgehead atoms. The molecule has 14 nitrogen and oxygen atoms in total. The molecule has 1 aliphatic rings. The van der Waals surface area contributed by atoms with Gasteiger partial charge in [-0.3, -0.25) is 19.1 Å². The number of aromatic nitrogens is 3. The van der Waals surface area contributed by atoms with Crippen molar-refractivity contribution in [3.8, 4) is 33.5 Å². The number of hydrogen-bond acceptors (Lipinski definition) is 11. The maximum Gasteiger partial charge on any atom is 0.251 e. The number of aliphatic hydroxyl groups excluding tert-OH is 1. The zero-order valence-corrected chi connectivity index (χ0v) is 39.9. The summed E-state index contributed by atoms with van der Waals surface area (Å²) in [5, 5.41) is 34.4. The Morgan fingerprint density at radius 1 is 0.985 bits per heavy atom. The third-order valence-electron chi connectivity index (χ3n) is 11.9. The van der Waals surface area contributed by atoms with Gasteiger partial charge in [-0.05, 0) is 99.5 Å². The molecule has 16 heteroatoms. The van der Waals surface area contributed by atoms with Crippen molar-refractivity contribution in [3.63, 3.8) is 0 Å². The molecule has 2 unspecified atom stereocenters. The van der Waals surface area contributed by atoms with Crippen LogP contribution in [0, 0.1) is 24.2 Å². The SMILES string of the molecule is Cc1ncsc1-c1ccc([C@H](C)NC(=O)C2C[C@@H](O)CN2C(=O)[C@@H](c2occc2OCCCCCNc2ccc(C(=O)NC(C)Cn3ccc(-c4ccc(C#N)c(Cl)c4)n3)cc2)C(C)C)cc1. The zero-order chi connectivity index (χ0) is 47.6. The van der Waals surface area contributed by atoms with E-state index in [-0.39, 0.29) is 48.7 Å². The van der Waals surface area contributed by atoms with Crippen molar-refractivity contribution >= 4 is 46.3 Å². The predicted octanol–water partition coefficient (Wildman–Crippen LogP) is 9.16. The first kappa shape index (κ1) is 48.5. The number of aryl methyl sites for hydroxylation is 1. The number of furan rings is 1. The van der Waals surface area contributed by atoms with Crippen molar-refractivity contribution in [1.29, 1.82) is 5.26 Å². The Morgan fingerprint density at radius 2 is 1.75 bits per heavy atom. The van der Waals surface area contributed by atoms with Crippen LogP contribution >= 0.6 is 22.9 Å². The van der Waals surface area contributed by atoms with Crippen LogP contribution in [-0.4, -0.2) is 80.4 Å². The lowest BCUT2D eigenvalue weighted by atomic mass is 9.91. The Morgan fingerprint density at radius 3 is 2.45 bits per heavy atom. The molecule has 67 heavy (non-hydrogen) atoms. The van der Waals surface area contributed by atoms with Crippen LogP contribution in [-0.2, 0) is 16.1 Å². The van der Waals surface area contributed by atoms with Crippen LogP contribution in [0.4, 0.5) is 5.69 Å². The minimum atomic E-state index is -0.830. The van der Waals surface area contributed by atoms with E-state index in [1.165, 1.54) is 11.2 Å². The number of anilines is 1. The molecule has 1 aliphatic heterocycles. The number of amides is 3. The Bertz CT molecular complexity index is 2670. The van der Waals surface area contributed by atoms with Crippen LogP contribution in [0.1, 0.15) is 98.3 Å². The molecule has 4 heterocycles. The highest BCUT2D eigenvalue weighted by atomic mass is 35.5. The van der Waals surface area contributed by atoms with Gasteiger partial charge in [0.1, 0.15) is 18.0 Å². The molecule has 1 fully saturated rings. The van der Waals surface area contributed by atoms with Crippen molar-refractivity contribution in [1.82, 2.24) is 30.3 Å². The standard InChI is InChI=1S/C51H57ClN8O6S/c1-31(2)46(51(64)60-29-41(61)26-44(60)50(63)57-33(4)35-9-11-36(12-10-35)48-34(5)55-30-67-48)47-45(20-24-66-47)65-23-8-6-7-21-54-40-17-15-37(16-18-40)49(62)56-32(3)28-59-22-19-43(58-59)38-13-14-39(27-53)42(52)25-38/h9-20,22,24-25,30-33,41,44,46,54,61H,6-8,21,23,26,28-29H2,1-5H3,(H,56,62)(H,57,63)/t32?,33-,41+,44?,46+/m0/s1. The quantitative estimate of drug-likeness (QED) is 0.0538. The minimum Gasteiger partial charge on any atom is -0.490 e.